The van der Waals surface area contributed by atoms with Crippen LogP contribution in [0.15, 0.2) is 35.2 Å². The molecule has 0 spiro atoms. The molecule has 1 amide bonds. The van der Waals surface area contributed by atoms with Crippen LogP contribution in [0, 0.1) is 12.7 Å². The quantitative estimate of drug-likeness (QED) is 0.879. The molecule has 0 fully saturated rings. The topological polar surface area (TPSA) is 66.5 Å². The molecule has 0 unspecified atom stereocenters. The van der Waals surface area contributed by atoms with Crippen LogP contribution in [0.25, 0.3) is 0 Å². The van der Waals surface area contributed by atoms with Crippen molar-refractivity contribution in [2.75, 3.05) is 17.4 Å². The summed E-state index contributed by atoms with van der Waals surface area (Å²) in [7, 11) is -3.96. The van der Waals surface area contributed by atoms with E-state index in [4.69, 9.17) is 0 Å². The zero-order valence-corrected chi connectivity index (χ0v) is 15.2. The van der Waals surface area contributed by atoms with Gasteiger partial charge in [-0.25, -0.2) is 12.8 Å². The average molecular weight is 374 g/mol. The van der Waals surface area contributed by atoms with Crippen LogP contribution in [0.1, 0.15) is 33.5 Å². The highest BCUT2D eigenvalue weighted by Gasteiger charge is 2.33. The van der Waals surface area contributed by atoms with Gasteiger partial charge in [-0.05, 0) is 55.0 Å². The molecule has 2 heterocycles. The van der Waals surface area contributed by atoms with E-state index in [0.717, 1.165) is 9.87 Å². The van der Waals surface area contributed by atoms with E-state index in [-0.39, 0.29) is 23.0 Å². The van der Waals surface area contributed by atoms with E-state index in [2.05, 4.69) is 5.32 Å². The molecule has 2 aliphatic rings. The molecular weight excluding hydrogens is 355 g/mol. The molecule has 0 saturated heterocycles. The predicted molar refractivity (Wildman–Crippen MR) is 96.5 cm³/mol. The second-order valence-electron chi connectivity index (χ2n) is 6.71. The number of carbonyl (C=O) groups is 1. The number of anilines is 1. The van der Waals surface area contributed by atoms with Crippen LogP contribution >= 0.6 is 0 Å². The zero-order chi connectivity index (χ0) is 18.5. The Bertz CT molecular complexity index is 1020. The van der Waals surface area contributed by atoms with Crippen molar-refractivity contribution in [2.45, 2.75) is 31.1 Å². The van der Waals surface area contributed by atoms with E-state index in [1.807, 2.05) is 0 Å². The summed E-state index contributed by atoms with van der Waals surface area (Å²) in [5.74, 6) is -0.772. The Morgan fingerprint density at radius 3 is 2.69 bits per heavy atom. The maximum Gasteiger partial charge on any atom is 0.264 e. The minimum absolute atomic E-state index is 0.0158. The maximum absolute atomic E-state index is 14.7. The third kappa shape index (κ3) is 2.58. The summed E-state index contributed by atoms with van der Waals surface area (Å²) in [5.41, 5.74) is 2.45. The number of fused-ring (bicyclic) bond motifs is 2. The van der Waals surface area contributed by atoms with E-state index in [9.17, 15) is 17.6 Å². The number of amides is 1. The van der Waals surface area contributed by atoms with Gasteiger partial charge in [0.05, 0.1) is 10.6 Å². The fraction of sp³-hybridized carbons (Fsp3) is 0.316. The highest BCUT2D eigenvalue weighted by atomic mass is 32.2. The van der Waals surface area contributed by atoms with Gasteiger partial charge in [0.25, 0.3) is 15.9 Å². The van der Waals surface area contributed by atoms with Crippen molar-refractivity contribution in [1.29, 1.82) is 0 Å². The highest BCUT2D eigenvalue weighted by Crippen LogP contribution is 2.36. The molecule has 26 heavy (non-hydrogen) atoms. The number of hydrogen-bond donors (Lipinski definition) is 1. The molecule has 4 rings (SSSR count). The number of halogens is 1. The lowest BCUT2D eigenvalue weighted by molar-refractivity contribution is 0.0945. The Hall–Kier alpha value is -2.41. The third-order valence-electron chi connectivity index (χ3n) is 5.04. The number of nitrogens with zero attached hydrogens (tertiary/aromatic N) is 1. The van der Waals surface area contributed by atoms with Gasteiger partial charge in [0, 0.05) is 18.7 Å². The van der Waals surface area contributed by atoms with Crippen LogP contribution in [0.5, 0.6) is 0 Å². The second-order valence-corrected chi connectivity index (χ2v) is 8.57. The van der Waals surface area contributed by atoms with Crippen molar-refractivity contribution in [2.24, 2.45) is 0 Å². The molecule has 5 nitrogen and oxygen atoms in total. The third-order valence-corrected chi connectivity index (χ3v) is 6.84. The summed E-state index contributed by atoms with van der Waals surface area (Å²) in [6.07, 6.45) is 1.94. The van der Waals surface area contributed by atoms with Crippen LogP contribution in [0.4, 0.5) is 10.1 Å². The summed E-state index contributed by atoms with van der Waals surface area (Å²) in [6, 6.07) is 8.05. The Morgan fingerprint density at radius 1 is 1.12 bits per heavy atom. The summed E-state index contributed by atoms with van der Waals surface area (Å²) in [5, 5.41) is 2.72. The van der Waals surface area contributed by atoms with E-state index >= 15 is 0 Å². The Labute approximate surface area is 151 Å². The number of benzene rings is 2. The predicted octanol–water partition coefficient (Wildman–Crippen LogP) is 2.56. The molecule has 0 saturated carbocycles. The van der Waals surface area contributed by atoms with Crippen LogP contribution in [-0.2, 0) is 22.9 Å². The molecule has 0 radical (unpaired) electrons. The van der Waals surface area contributed by atoms with Gasteiger partial charge < -0.3 is 5.32 Å². The molecule has 0 bridgehead atoms. The molecule has 0 aromatic heterocycles. The van der Waals surface area contributed by atoms with Crippen LogP contribution < -0.4 is 9.62 Å². The SMILES string of the molecule is Cc1ccc2c(c1F)N(S(=O)(=O)c1ccc3c(c1)C(=O)NCC3)CCC2. The van der Waals surface area contributed by atoms with E-state index in [1.54, 1.807) is 25.1 Å². The molecule has 2 aliphatic heterocycles. The van der Waals surface area contributed by atoms with Crippen LogP contribution in [0.2, 0.25) is 0 Å². The van der Waals surface area contributed by atoms with Gasteiger partial charge in [0.15, 0.2) is 5.82 Å². The minimum atomic E-state index is -3.96. The summed E-state index contributed by atoms with van der Waals surface area (Å²) in [4.78, 5) is 12.1. The van der Waals surface area contributed by atoms with Gasteiger partial charge in [-0.2, -0.15) is 0 Å². The molecule has 1 N–H and O–H groups in total. The molecule has 136 valence electrons. The molecular formula is C19H19FN2O3S. The standard InChI is InChI=1S/C19H19FN2O3S/c1-12-4-5-14-3-2-10-22(18(14)17(12)20)26(24,25)15-7-6-13-8-9-21-19(23)16(13)11-15/h4-7,11H,2-3,8-10H2,1H3,(H,21,23). The van der Waals surface area contributed by atoms with Crippen molar-refractivity contribution < 1.29 is 17.6 Å². The van der Waals surface area contributed by atoms with Crippen molar-refractivity contribution >= 4 is 21.6 Å². The highest BCUT2D eigenvalue weighted by molar-refractivity contribution is 7.92. The Morgan fingerprint density at radius 2 is 1.88 bits per heavy atom. The molecule has 2 aromatic rings. The summed E-state index contributed by atoms with van der Waals surface area (Å²) in [6.45, 7) is 2.39. The lowest BCUT2D eigenvalue weighted by Gasteiger charge is -2.31. The molecule has 2 aromatic carbocycles. The number of aryl methyl sites for hydroxylation is 2. The average Bonchev–Trinajstić information content (AvgIpc) is 2.64. The molecule has 0 atom stereocenters. The second kappa shape index (κ2) is 6.09. The Balaban J connectivity index is 1.84. The van der Waals surface area contributed by atoms with Crippen LogP contribution in [-0.4, -0.2) is 27.4 Å². The largest absolute Gasteiger partial charge is 0.352 e. The first-order valence-electron chi connectivity index (χ1n) is 8.61. The van der Waals surface area contributed by atoms with Crippen molar-refractivity contribution in [3.8, 4) is 0 Å². The number of sulfonamides is 1. The number of hydrogen-bond acceptors (Lipinski definition) is 3. The summed E-state index contributed by atoms with van der Waals surface area (Å²) >= 11 is 0. The first-order valence-corrected chi connectivity index (χ1v) is 10.1. The lowest BCUT2D eigenvalue weighted by atomic mass is 10.0. The van der Waals surface area contributed by atoms with Gasteiger partial charge in [-0.1, -0.05) is 18.2 Å². The minimum Gasteiger partial charge on any atom is -0.352 e. The van der Waals surface area contributed by atoms with E-state index < -0.39 is 15.8 Å². The lowest BCUT2D eigenvalue weighted by Crippen LogP contribution is -2.37. The Kier molecular flexibility index (Phi) is 3.99. The van der Waals surface area contributed by atoms with E-state index in [1.165, 1.54) is 12.1 Å². The van der Waals surface area contributed by atoms with Gasteiger partial charge in [-0.3, -0.25) is 9.10 Å². The molecule has 0 aliphatic carbocycles. The number of nitrogens with one attached hydrogen (secondary N) is 1. The van der Waals surface area contributed by atoms with Crippen LogP contribution in [0.3, 0.4) is 0 Å². The number of rotatable bonds is 2. The fourth-order valence-corrected chi connectivity index (χ4v) is 5.19. The summed E-state index contributed by atoms with van der Waals surface area (Å²) < 4.78 is 42.4. The van der Waals surface area contributed by atoms with E-state index in [0.29, 0.717) is 42.5 Å². The van der Waals surface area contributed by atoms with Gasteiger partial charge in [-0.15, -0.1) is 0 Å². The fourth-order valence-electron chi connectivity index (χ4n) is 3.62. The van der Waals surface area contributed by atoms with Crippen molar-refractivity contribution in [3.63, 3.8) is 0 Å². The monoisotopic (exact) mass is 374 g/mol. The van der Waals surface area contributed by atoms with Gasteiger partial charge in [0.2, 0.25) is 0 Å². The van der Waals surface area contributed by atoms with Gasteiger partial charge in [0.1, 0.15) is 0 Å². The first kappa shape index (κ1) is 17.0. The van der Waals surface area contributed by atoms with Crippen molar-refractivity contribution in [1.82, 2.24) is 5.32 Å². The maximum atomic E-state index is 14.7. The van der Waals surface area contributed by atoms with Gasteiger partial charge >= 0.3 is 0 Å². The number of carbonyl (C=O) groups excluding carboxylic acids is 1. The van der Waals surface area contributed by atoms with Crippen molar-refractivity contribution in [3.05, 3.63) is 58.4 Å². The normalized spacial score (nSPS) is 16.7. The zero-order valence-electron chi connectivity index (χ0n) is 14.4. The smallest absolute Gasteiger partial charge is 0.264 e. The first-order chi connectivity index (χ1) is 12.4. The molecule has 7 heteroatoms.